The molecule has 402 valence electrons. The topological polar surface area (TPSA) is 231 Å². The molecule has 0 spiro atoms. The minimum atomic E-state index is -1.77. The van der Waals surface area contributed by atoms with Crippen LogP contribution in [0.1, 0.15) is 168 Å². The van der Waals surface area contributed by atoms with E-state index in [1.807, 2.05) is 24.3 Å². The van der Waals surface area contributed by atoms with Crippen LogP contribution in [0.5, 0.6) is 0 Å². The van der Waals surface area contributed by atoms with Crippen molar-refractivity contribution in [2.24, 2.45) is 0 Å². The zero-order valence-corrected chi connectivity index (χ0v) is 42.5. The number of aliphatic hydroxyl groups excluding tert-OH is 7. The maximum absolute atomic E-state index is 13.0. The van der Waals surface area contributed by atoms with Crippen LogP contribution in [0.2, 0.25) is 0 Å². The van der Waals surface area contributed by atoms with Crippen LogP contribution in [0, 0.1) is 0 Å². The number of hydrogen-bond acceptors (Lipinski definition) is 15. The molecule has 15 nitrogen and oxygen atoms in total. The van der Waals surface area contributed by atoms with Crippen molar-refractivity contribution < 1.29 is 73.8 Å². The quantitative estimate of drug-likeness (QED) is 0.0134. The Labute approximate surface area is 419 Å². The molecule has 2 saturated heterocycles. The summed E-state index contributed by atoms with van der Waals surface area (Å²) >= 11 is 0. The average Bonchev–Trinajstić information content (AvgIpc) is 3.35. The first-order chi connectivity index (χ1) is 34.0. The monoisotopic (exact) mass is 993 g/mol. The van der Waals surface area contributed by atoms with E-state index in [4.69, 9.17) is 28.4 Å². The van der Waals surface area contributed by atoms with Crippen molar-refractivity contribution >= 4 is 11.9 Å². The Kier molecular flexibility index (Phi) is 37.3. The molecular formula is C55H92O15. The number of unbranched alkanes of at least 4 members (excludes halogenated alkanes) is 16. The molecule has 0 aliphatic carbocycles. The summed E-state index contributed by atoms with van der Waals surface area (Å²) in [7, 11) is 0. The lowest BCUT2D eigenvalue weighted by Crippen LogP contribution is -2.61. The van der Waals surface area contributed by atoms with Gasteiger partial charge < -0.3 is 64.2 Å². The maximum Gasteiger partial charge on any atom is 0.306 e. The Morgan fingerprint density at radius 1 is 0.471 bits per heavy atom. The molecule has 2 aliphatic heterocycles. The lowest BCUT2D eigenvalue weighted by Gasteiger charge is -2.42. The molecule has 2 aliphatic rings. The highest BCUT2D eigenvalue weighted by Crippen LogP contribution is 2.26. The molecule has 0 aromatic heterocycles. The second-order valence-corrected chi connectivity index (χ2v) is 18.4. The van der Waals surface area contributed by atoms with Gasteiger partial charge in [-0.15, -0.1) is 0 Å². The summed E-state index contributed by atoms with van der Waals surface area (Å²) in [4.78, 5) is 25.8. The van der Waals surface area contributed by atoms with Crippen molar-refractivity contribution in [2.45, 2.75) is 235 Å². The third kappa shape index (κ3) is 28.8. The van der Waals surface area contributed by atoms with Gasteiger partial charge in [-0.05, 0) is 64.2 Å². The highest BCUT2D eigenvalue weighted by Gasteiger charge is 2.47. The third-order valence-corrected chi connectivity index (χ3v) is 12.2. The predicted octanol–water partition coefficient (Wildman–Crippen LogP) is 7.82. The first-order valence-corrected chi connectivity index (χ1v) is 26.6. The largest absolute Gasteiger partial charge is 0.462 e. The van der Waals surface area contributed by atoms with E-state index in [1.54, 1.807) is 0 Å². The molecule has 5 unspecified atom stereocenters. The Morgan fingerprint density at radius 3 is 1.50 bits per heavy atom. The van der Waals surface area contributed by atoms with Crippen molar-refractivity contribution in [3.8, 4) is 0 Å². The minimum Gasteiger partial charge on any atom is -0.462 e. The highest BCUT2D eigenvalue weighted by atomic mass is 16.7. The molecule has 0 saturated carbocycles. The number of carbonyl (C=O) groups excluding carboxylic acids is 2. The van der Waals surface area contributed by atoms with Crippen molar-refractivity contribution in [1.82, 2.24) is 0 Å². The van der Waals surface area contributed by atoms with E-state index in [2.05, 4.69) is 62.5 Å². The first-order valence-electron chi connectivity index (χ1n) is 26.6. The highest BCUT2D eigenvalue weighted by molar-refractivity contribution is 5.70. The molecule has 0 radical (unpaired) electrons. The van der Waals surface area contributed by atoms with Gasteiger partial charge in [-0.1, -0.05) is 164 Å². The number of carbonyl (C=O) groups is 2. The molecule has 2 rings (SSSR count). The Balaban J connectivity index is 1.77. The fourth-order valence-corrected chi connectivity index (χ4v) is 7.94. The minimum absolute atomic E-state index is 0.138. The number of aliphatic hydroxyl groups is 7. The van der Waals surface area contributed by atoms with Crippen LogP contribution >= 0.6 is 0 Å². The molecule has 7 N–H and O–H groups in total. The molecule has 0 aromatic rings. The van der Waals surface area contributed by atoms with Crippen molar-refractivity contribution in [3.05, 3.63) is 72.9 Å². The van der Waals surface area contributed by atoms with Gasteiger partial charge >= 0.3 is 11.9 Å². The summed E-state index contributed by atoms with van der Waals surface area (Å²) in [6.45, 7) is 2.31. The van der Waals surface area contributed by atoms with Crippen molar-refractivity contribution in [1.29, 1.82) is 0 Å². The number of hydrogen-bond donors (Lipinski definition) is 7. The fourth-order valence-electron chi connectivity index (χ4n) is 7.94. The predicted molar refractivity (Wildman–Crippen MR) is 270 cm³/mol. The van der Waals surface area contributed by atoms with Gasteiger partial charge in [0.1, 0.15) is 55.4 Å². The second kappa shape index (κ2) is 41.4. The van der Waals surface area contributed by atoms with Gasteiger partial charge in [-0.2, -0.15) is 0 Å². The molecule has 70 heavy (non-hydrogen) atoms. The number of allylic oxidation sites excluding steroid dienone is 12. The maximum atomic E-state index is 13.0. The van der Waals surface area contributed by atoms with E-state index in [0.29, 0.717) is 12.8 Å². The SMILES string of the molecule is CC/C=C/C=C/C=C/CCCCCCCC(=O)OC(COC(=O)CCCCCCCCCCCCC/C=C/C/C=C/C/C=C/CC)CO[C@@H]1O[C@H](CO[C@@H]2O[C@H](CO)[C@H](O)C(O)C2O)[C@H](O)C(O)C1O. The van der Waals surface area contributed by atoms with Crippen LogP contribution in [-0.4, -0.2) is 142 Å². The van der Waals surface area contributed by atoms with Gasteiger partial charge in [0.15, 0.2) is 18.7 Å². The van der Waals surface area contributed by atoms with Crippen molar-refractivity contribution in [3.63, 3.8) is 0 Å². The van der Waals surface area contributed by atoms with Gasteiger partial charge in [0.25, 0.3) is 0 Å². The standard InChI is InChI=1S/C55H92O15/c1-3-5-7-9-11-13-15-17-18-19-20-21-22-23-24-26-27-29-31-33-35-37-46(57)65-40-43(68-47(58)38-36-34-32-30-28-25-16-14-12-10-8-6-4-2)41-66-54-53(64)51(62)49(60)45(70-54)42-67-55-52(63)50(61)48(59)44(39-56)69-55/h5-8,10-14,16-18,43-45,48-56,59-64H,3-4,9,15,19-42H2,1-2H3/b7-5+,8-6+,12-10+,13-11+,16-14+,18-17+/t43?,44-,45-,48+,49+,50?,51?,52?,53?,54-,55-/m1/s1. The lowest BCUT2D eigenvalue weighted by atomic mass is 9.98. The second-order valence-electron chi connectivity index (χ2n) is 18.4. The van der Waals surface area contributed by atoms with Crippen LogP contribution in [0.3, 0.4) is 0 Å². The van der Waals surface area contributed by atoms with Gasteiger partial charge in [0.2, 0.25) is 0 Å². The molecule has 2 fully saturated rings. The van der Waals surface area contributed by atoms with E-state index < -0.39 is 99.3 Å². The van der Waals surface area contributed by atoms with Gasteiger partial charge in [-0.3, -0.25) is 9.59 Å². The van der Waals surface area contributed by atoms with Gasteiger partial charge in [0, 0.05) is 12.8 Å². The average molecular weight is 993 g/mol. The number of esters is 2. The van der Waals surface area contributed by atoms with Crippen LogP contribution < -0.4 is 0 Å². The summed E-state index contributed by atoms with van der Waals surface area (Å²) in [5.41, 5.74) is 0. The van der Waals surface area contributed by atoms with E-state index in [-0.39, 0.29) is 19.4 Å². The summed E-state index contributed by atoms with van der Waals surface area (Å²) in [6, 6.07) is 0. The molecular weight excluding hydrogens is 901 g/mol. The van der Waals surface area contributed by atoms with E-state index >= 15 is 0 Å². The third-order valence-electron chi connectivity index (χ3n) is 12.2. The van der Waals surface area contributed by atoms with Gasteiger partial charge in [-0.25, -0.2) is 0 Å². The van der Waals surface area contributed by atoms with Crippen LogP contribution in [-0.2, 0) is 38.0 Å². The Morgan fingerprint density at radius 2 is 0.929 bits per heavy atom. The van der Waals surface area contributed by atoms with E-state index in [1.165, 1.54) is 44.9 Å². The molecule has 11 atom stereocenters. The summed E-state index contributed by atoms with van der Waals surface area (Å²) in [5, 5.41) is 72.1. The zero-order valence-electron chi connectivity index (χ0n) is 42.5. The Bertz CT molecular complexity index is 1490. The molecule has 15 heteroatoms. The summed E-state index contributed by atoms with van der Waals surface area (Å²) in [5.74, 6) is -0.956. The molecule has 0 aromatic carbocycles. The zero-order chi connectivity index (χ0) is 51.0. The summed E-state index contributed by atoms with van der Waals surface area (Å²) < 4.78 is 33.6. The molecule has 2 heterocycles. The number of ether oxygens (including phenoxy) is 6. The lowest BCUT2D eigenvalue weighted by molar-refractivity contribution is -0.332. The van der Waals surface area contributed by atoms with E-state index in [0.717, 1.165) is 83.5 Å². The Hall–Kier alpha value is -3.06. The van der Waals surface area contributed by atoms with Crippen molar-refractivity contribution in [2.75, 3.05) is 26.4 Å². The normalized spacial score (nSPS) is 26.0. The van der Waals surface area contributed by atoms with E-state index in [9.17, 15) is 45.3 Å². The fraction of sp³-hybridized carbons (Fsp3) is 0.745. The first kappa shape index (κ1) is 63.1. The van der Waals surface area contributed by atoms with Crippen LogP contribution in [0.15, 0.2) is 72.9 Å². The van der Waals surface area contributed by atoms with Gasteiger partial charge in [0.05, 0.1) is 19.8 Å². The van der Waals surface area contributed by atoms with Crippen LogP contribution in [0.25, 0.3) is 0 Å². The summed E-state index contributed by atoms with van der Waals surface area (Å²) in [6.07, 6.45) is 32.2. The van der Waals surface area contributed by atoms with Crippen LogP contribution in [0.4, 0.5) is 0 Å². The smallest absolute Gasteiger partial charge is 0.306 e. The molecule has 0 amide bonds. The number of rotatable bonds is 40. The molecule has 0 bridgehead atoms.